The molecule has 0 aromatic heterocycles. The summed E-state index contributed by atoms with van der Waals surface area (Å²) in [4.78, 5) is 0.387. The number of likely N-dealkylation sites (N-methyl/N-ethyl adjacent to an activating group) is 1. The molecule has 4 nitrogen and oxygen atoms in total. The molecule has 1 N–H and O–H groups in total. The second-order valence-electron chi connectivity index (χ2n) is 5.06. The van der Waals surface area contributed by atoms with E-state index in [1.807, 2.05) is 26.0 Å². The number of nitrogens with zero attached hydrogens (tertiary/aromatic N) is 1. The van der Waals surface area contributed by atoms with Crippen molar-refractivity contribution in [1.82, 2.24) is 9.62 Å². The van der Waals surface area contributed by atoms with E-state index in [2.05, 4.69) is 5.32 Å². The Morgan fingerprint density at radius 1 is 1.32 bits per heavy atom. The lowest BCUT2D eigenvalue weighted by molar-refractivity contribution is 0.383. The molecule has 1 aromatic carbocycles. The van der Waals surface area contributed by atoms with Gasteiger partial charge in [0.15, 0.2) is 0 Å². The van der Waals surface area contributed by atoms with Crippen LogP contribution in [0.4, 0.5) is 0 Å². The van der Waals surface area contributed by atoms with Gasteiger partial charge in [0.25, 0.3) is 0 Å². The summed E-state index contributed by atoms with van der Waals surface area (Å²) in [6.45, 7) is 5.91. The Kier molecular flexibility index (Phi) is 4.60. The molecule has 0 radical (unpaired) electrons. The van der Waals surface area contributed by atoms with Crippen LogP contribution >= 0.6 is 0 Å². The lowest BCUT2D eigenvalue weighted by atomic mass is 10.2. The van der Waals surface area contributed by atoms with E-state index in [0.29, 0.717) is 24.0 Å². The van der Waals surface area contributed by atoms with Crippen LogP contribution in [0.3, 0.4) is 0 Å². The third kappa shape index (κ3) is 3.35. The summed E-state index contributed by atoms with van der Waals surface area (Å²) >= 11 is 0. The standard InChI is InChI=1S/C14H22N2O2S/c1-3-16(11-13-5-4-10-15-13)19(17,18)14-8-6-12(2)7-9-14/h6-9,13,15H,3-5,10-11H2,1-2H3. The number of nitrogens with one attached hydrogen (secondary N) is 1. The van der Waals surface area contributed by atoms with Gasteiger partial charge in [0, 0.05) is 19.1 Å². The molecule has 0 spiro atoms. The Bertz CT molecular complexity index is 505. The summed E-state index contributed by atoms with van der Waals surface area (Å²) in [6.07, 6.45) is 2.19. The lowest BCUT2D eigenvalue weighted by Gasteiger charge is -2.24. The van der Waals surface area contributed by atoms with Crippen molar-refractivity contribution in [1.29, 1.82) is 0 Å². The van der Waals surface area contributed by atoms with Crippen molar-refractivity contribution >= 4 is 10.0 Å². The maximum absolute atomic E-state index is 12.6. The summed E-state index contributed by atoms with van der Waals surface area (Å²) in [5.41, 5.74) is 1.07. The topological polar surface area (TPSA) is 49.4 Å². The zero-order valence-corrected chi connectivity index (χ0v) is 12.4. The predicted molar refractivity (Wildman–Crippen MR) is 76.6 cm³/mol. The highest BCUT2D eigenvalue weighted by Crippen LogP contribution is 2.18. The molecule has 1 unspecified atom stereocenters. The van der Waals surface area contributed by atoms with Crippen LogP contribution in [0.15, 0.2) is 29.2 Å². The van der Waals surface area contributed by atoms with Crippen molar-refractivity contribution in [2.75, 3.05) is 19.6 Å². The van der Waals surface area contributed by atoms with Gasteiger partial charge in [0.2, 0.25) is 10.0 Å². The van der Waals surface area contributed by atoms with Crippen molar-refractivity contribution in [2.24, 2.45) is 0 Å². The van der Waals surface area contributed by atoms with Crippen LogP contribution in [-0.2, 0) is 10.0 Å². The monoisotopic (exact) mass is 282 g/mol. The Balaban J connectivity index is 2.17. The second kappa shape index (κ2) is 6.03. The van der Waals surface area contributed by atoms with Crippen LogP contribution in [0.5, 0.6) is 0 Å². The van der Waals surface area contributed by atoms with Gasteiger partial charge < -0.3 is 5.32 Å². The van der Waals surface area contributed by atoms with Crippen LogP contribution in [0.1, 0.15) is 25.3 Å². The van der Waals surface area contributed by atoms with Gasteiger partial charge >= 0.3 is 0 Å². The van der Waals surface area contributed by atoms with E-state index < -0.39 is 10.0 Å². The first-order valence-electron chi connectivity index (χ1n) is 6.84. The number of rotatable bonds is 5. The van der Waals surface area contributed by atoms with E-state index in [-0.39, 0.29) is 0 Å². The van der Waals surface area contributed by atoms with Crippen LogP contribution < -0.4 is 5.32 Å². The molecule has 1 aromatic rings. The van der Waals surface area contributed by atoms with Crippen molar-refractivity contribution in [3.05, 3.63) is 29.8 Å². The molecule has 1 aliphatic heterocycles. The minimum absolute atomic E-state index is 0.292. The third-order valence-corrected chi connectivity index (χ3v) is 5.55. The predicted octanol–water partition coefficient (Wildman–Crippen LogP) is 1.76. The molecular formula is C14H22N2O2S. The van der Waals surface area contributed by atoms with Gasteiger partial charge in [-0.25, -0.2) is 8.42 Å². The summed E-state index contributed by atoms with van der Waals surface area (Å²) < 4.78 is 26.7. The van der Waals surface area contributed by atoms with Crippen LogP contribution in [0, 0.1) is 6.92 Å². The highest BCUT2D eigenvalue weighted by atomic mass is 32.2. The molecule has 0 bridgehead atoms. The van der Waals surface area contributed by atoms with Crippen LogP contribution in [0.25, 0.3) is 0 Å². The normalized spacial score (nSPS) is 20.1. The molecule has 1 aliphatic rings. The van der Waals surface area contributed by atoms with E-state index in [0.717, 1.165) is 24.9 Å². The summed E-state index contributed by atoms with van der Waals surface area (Å²) in [7, 11) is -3.36. The van der Waals surface area contributed by atoms with Crippen molar-refractivity contribution in [3.8, 4) is 0 Å². The number of sulfonamides is 1. The molecule has 0 amide bonds. The van der Waals surface area contributed by atoms with E-state index in [9.17, 15) is 8.42 Å². The van der Waals surface area contributed by atoms with Crippen molar-refractivity contribution in [3.63, 3.8) is 0 Å². The minimum Gasteiger partial charge on any atom is -0.313 e. The average molecular weight is 282 g/mol. The first kappa shape index (κ1) is 14.5. The summed E-state index contributed by atoms with van der Waals surface area (Å²) in [5.74, 6) is 0. The SMILES string of the molecule is CCN(CC1CCCN1)S(=O)(=O)c1ccc(C)cc1. The molecule has 2 rings (SSSR count). The smallest absolute Gasteiger partial charge is 0.243 e. The zero-order valence-electron chi connectivity index (χ0n) is 11.6. The molecule has 1 fully saturated rings. The number of benzene rings is 1. The van der Waals surface area contributed by atoms with Crippen LogP contribution in [0.2, 0.25) is 0 Å². The Hall–Kier alpha value is -0.910. The summed E-state index contributed by atoms with van der Waals surface area (Å²) in [6, 6.07) is 7.36. The lowest BCUT2D eigenvalue weighted by Crippen LogP contribution is -2.40. The number of aryl methyl sites for hydroxylation is 1. The van der Waals surface area contributed by atoms with Gasteiger partial charge in [0.1, 0.15) is 0 Å². The zero-order chi connectivity index (χ0) is 13.9. The maximum Gasteiger partial charge on any atom is 0.243 e. The van der Waals surface area contributed by atoms with Crippen molar-refractivity contribution < 1.29 is 8.42 Å². The summed E-state index contributed by atoms with van der Waals surface area (Å²) in [5, 5.41) is 3.35. The quantitative estimate of drug-likeness (QED) is 0.895. The fourth-order valence-corrected chi connectivity index (χ4v) is 3.91. The number of hydrogen-bond donors (Lipinski definition) is 1. The Morgan fingerprint density at radius 2 is 2.00 bits per heavy atom. The first-order valence-corrected chi connectivity index (χ1v) is 8.28. The molecule has 106 valence electrons. The third-order valence-electron chi connectivity index (χ3n) is 3.60. The van der Waals surface area contributed by atoms with Gasteiger partial charge in [-0.3, -0.25) is 0 Å². The van der Waals surface area contributed by atoms with Crippen LogP contribution in [-0.4, -0.2) is 38.4 Å². The first-order chi connectivity index (χ1) is 9.04. The second-order valence-corrected chi connectivity index (χ2v) is 7.00. The molecule has 0 aliphatic carbocycles. The van der Waals surface area contributed by atoms with E-state index >= 15 is 0 Å². The van der Waals surface area contributed by atoms with Gasteiger partial charge in [0.05, 0.1) is 4.90 Å². The molecule has 1 heterocycles. The Labute approximate surface area is 115 Å². The van der Waals surface area contributed by atoms with E-state index in [1.165, 1.54) is 0 Å². The highest BCUT2D eigenvalue weighted by Gasteiger charge is 2.26. The number of hydrogen-bond acceptors (Lipinski definition) is 3. The molecule has 1 saturated heterocycles. The molecule has 19 heavy (non-hydrogen) atoms. The van der Waals surface area contributed by atoms with Gasteiger partial charge in [-0.1, -0.05) is 24.6 Å². The molecule has 5 heteroatoms. The molecule has 0 saturated carbocycles. The largest absolute Gasteiger partial charge is 0.313 e. The minimum atomic E-state index is -3.36. The highest BCUT2D eigenvalue weighted by molar-refractivity contribution is 7.89. The molecular weight excluding hydrogens is 260 g/mol. The maximum atomic E-state index is 12.6. The van der Waals surface area contributed by atoms with E-state index in [1.54, 1.807) is 16.4 Å². The fourth-order valence-electron chi connectivity index (χ4n) is 2.41. The fraction of sp³-hybridized carbons (Fsp3) is 0.571. The van der Waals surface area contributed by atoms with Gasteiger partial charge in [-0.05, 0) is 38.4 Å². The van der Waals surface area contributed by atoms with Gasteiger partial charge in [-0.2, -0.15) is 4.31 Å². The van der Waals surface area contributed by atoms with E-state index in [4.69, 9.17) is 0 Å². The Morgan fingerprint density at radius 3 is 2.53 bits per heavy atom. The average Bonchev–Trinajstić information content (AvgIpc) is 2.89. The molecule has 1 atom stereocenters. The van der Waals surface area contributed by atoms with Crippen molar-refractivity contribution in [2.45, 2.75) is 37.6 Å². The van der Waals surface area contributed by atoms with Gasteiger partial charge in [-0.15, -0.1) is 0 Å².